The number of piperidine rings is 1. The predicted molar refractivity (Wildman–Crippen MR) is 82.2 cm³/mol. The van der Waals surface area contributed by atoms with E-state index in [1.54, 1.807) is 4.31 Å². The number of anilines is 1. The van der Waals surface area contributed by atoms with E-state index in [9.17, 15) is 8.42 Å². The molecule has 1 atom stereocenters. The van der Waals surface area contributed by atoms with E-state index in [0.29, 0.717) is 17.1 Å². The lowest BCUT2D eigenvalue weighted by Crippen LogP contribution is -2.43. The van der Waals surface area contributed by atoms with Crippen LogP contribution >= 0.6 is 0 Å². The second-order valence-corrected chi connectivity index (χ2v) is 7.44. The zero-order valence-corrected chi connectivity index (χ0v) is 13.3. The number of nitrogen functional groups attached to an aromatic ring is 1. The lowest BCUT2D eigenvalue weighted by molar-refractivity contribution is 0.246. The van der Waals surface area contributed by atoms with E-state index in [1.165, 1.54) is 0 Å². The van der Waals surface area contributed by atoms with E-state index < -0.39 is 10.0 Å². The lowest BCUT2D eigenvalue weighted by atomic mass is 10.0. The van der Waals surface area contributed by atoms with Gasteiger partial charge in [-0.25, -0.2) is 8.42 Å². The Labute approximate surface area is 122 Å². The van der Waals surface area contributed by atoms with E-state index >= 15 is 0 Å². The average Bonchev–Trinajstić information content (AvgIpc) is 2.43. The monoisotopic (exact) mass is 296 g/mol. The minimum absolute atomic E-state index is 0.105. The standard InChI is InChI=1S/C15H24N2O2S/c1-4-13-7-5-6-10-17(13)20(18,19)15-12(3)9-8-11(2)14(15)16/h8-9,13H,4-7,10,16H2,1-3H3. The number of sulfonamides is 1. The van der Waals surface area contributed by atoms with Gasteiger partial charge >= 0.3 is 0 Å². The summed E-state index contributed by atoms with van der Waals surface area (Å²) in [6, 6.07) is 3.81. The van der Waals surface area contributed by atoms with Gasteiger partial charge in [0.2, 0.25) is 10.0 Å². The van der Waals surface area contributed by atoms with Crippen molar-refractivity contribution in [1.82, 2.24) is 4.31 Å². The number of hydrogen-bond donors (Lipinski definition) is 1. The summed E-state index contributed by atoms with van der Waals surface area (Å²) in [6.07, 6.45) is 3.83. The molecule has 0 aromatic heterocycles. The van der Waals surface area contributed by atoms with Crippen molar-refractivity contribution in [2.75, 3.05) is 12.3 Å². The molecule has 1 unspecified atom stereocenters. The van der Waals surface area contributed by atoms with E-state index in [-0.39, 0.29) is 6.04 Å². The largest absolute Gasteiger partial charge is 0.397 e. The third-order valence-electron chi connectivity index (χ3n) is 4.22. The number of rotatable bonds is 3. The predicted octanol–water partition coefficient (Wildman–Crippen LogP) is 2.84. The second-order valence-electron chi connectivity index (χ2n) is 5.62. The van der Waals surface area contributed by atoms with Crippen molar-refractivity contribution in [3.8, 4) is 0 Å². The Balaban J connectivity index is 2.52. The van der Waals surface area contributed by atoms with Crippen LogP contribution in [0.1, 0.15) is 43.7 Å². The van der Waals surface area contributed by atoms with Crippen molar-refractivity contribution in [3.63, 3.8) is 0 Å². The topological polar surface area (TPSA) is 63.4 Å². The van der Waals surface area contributed by atoms with Gasteiger partial charge in [0.1, 0.15) is 4.90 Å². The van der Waals surface area contributed by atoms with Crippen LogP contribution in [-0.4, -0.2) is 25.3 Å². The number of hydrogen-bond acceptors (Lipinski definition) is 3. The quantitative estimate of drug-likeness (QED) is 0.872. The molecule has 1 aliphatic heterocycles. The summed E-state index contributed by atoms with van der Waals surface area (Å²) in [5.41, 5.74) is 8.00. The normalized spacial score (nSPS) is 21.1. The number of nitrogens with zero attached hydrogens (tertiary/aromatic N) is 1. The SMILES string of the molecule is CCC1CCCCN1S(=O)(=O)c1c(C)ccc(C)c1N. The maximum Gasteiger partial charge on any atom is 0.245 e. The van der Waals surface area contributed by atoms with E-state index in [2.05, 4.69) is 0 Å². The molecule has 0 radical (unpaired) electrons. The zero-order valence-electron chi connectivity index (χ0n) is 12.5. The molecule has 112 valence electrons. The van der Waals surface area contributed by atoms with Gasteiger partial charge in [0.25, 0.3) is 0 Å². The molecule has 0 bridgehead atoms. The van der Waals surface area contributed by atoms with Gasteiger partial charge in [-0.2, -0.15) is 4.31 Å². The van der Waals surface area contributed by atoms with Crippen LogP contribution in [0.5, 0.6) is 0 Å². The van der Waals surface area contributed by atoms with E-state index in [0.717, 1.165) is 36.8 Å². The summed E-state index contributed by atoms with van der Waals surface area (Å²) < 4.78 is 27.7. The molecule has 0 saturated carbocycles. The van der Waals surface area contributed by atoms with Gasteiger partial charge in [-0.1, -0.05) is 25.5 Å². The number of nitrogens with two attached hydrogens (primary N) is 1. The Bertz CT molecular complexity index is 596. The highest BCUT2D eigenvalue weighted by Gasteiger charge is 2.34. The highest BCUT2D eigenvalue weighted by Crippen LogP contribution is 2.33. The van der Waals surface area contributed by atoms with Crippen LogP contribution < -0.4 is 5.73 Å². The molecule has 1 aromatic rings. The molecule has 0 spiro atoms. The molecule has 5 heteroatoms. The van der Waals surface area contributed by atoms with Gasteiger partial charge < -0.3 is 5.73 Å². The first-order chi connectivity index (χ1) is 9.39. The van der Waals surface area contributed by atoms with Crippen LogP contribution in [0.25, 0.3) is 0 Å². The maximum absolute atomic E-state index is 13.0. The molecule has 0 aliphatic carbocycles. The Morgan fingerprint density at radius 2 is 1.90 bits per heavy atom. The van der Waals surface area contributed by atoms with Gasteiger partial charge in [-0.15, -0.1) is 0 Å². The zero-order chi connectivity index (χ0) is 14.9. The molecular formula is C15H24N2O2S. The summed E-state index contributed by atoms with van der Waals surface area (Å²) >= 11 is 0. The summed E-state index contributed by atoms with van der Waals surface area (Å²) in [5, 5.41) is 0. The van der Waals surface area contributed by atoms with Crippen molar-refractivity contribution in [2.24, 2.45) is 0 Å². The minimum Gasteiger partial charge on any atom is -0.397 e. The fourth-order valence-electron chi connectivity index (χ4n) is 2.96. The van der Waals surface area contributed by atoms with Gasteiger partial charge in [0.15, 0.2) is 0 Å². The summed E-state index contributed by atoms with van der Waals surface area (Å²) in [5.74, 6) is 0. The average molecular weight is 296 g/mol. The first kappa shape index (κ1) is 15.3. The van der Waals surface area contributed by atoms with Crippen molar-refractivity contribution < 1.29 is 8.42 Å². The molecule has 1 saturated heterocycles. The van der Waals surface area contributed by atoms with Gasteiger partial charge in [0, 0.05) is 12.6 Å². The molecule has 2 rings (SSSR count). The van der Waals surface area contributed by atoms with Crippen molar-refractivity contribution in [2.45, 2.75) is 57.4 Å². The lowest BCUT2D eigenvalue weighted by Gasteiger charge is -2.34. The van der Waals surface area contributed by atoms with Crippen LogP contribution in [0.15, 0.2) is 17.0 Å². The first-order valence-corrected chi connectivity index (χ1v) is 8.71. The highest BCUT2D eigenvalue weighted by atomic mass is 32.2. The van der Waals surface area contributed by atoms with Crippen molar-refractivity contribution in [3.05, 3.63) is 23.3 Å². The van der Waals surface area contributed by atoms with Gasteiger partial charge in [-0.05, 0) is 44.2 Å². The Kier molecular flexibility index (Phi) is 4.39. The number of benzene rings is 1. The summed E-state index contributed by atoms with van der Waals surface area (Å²) in [6.45, 7) is 6.31. The van der Waals surface area contributed by atoms with Crippen molar-refractivity contribution >= 4 is 15.7 Å². The molecular weight excluding hydrogens is 272 g/mol. The molecule has 20 heavy (non-hydrogen) atoms. The fourth-order valence-corrected chi connectivity index (χ4v) is 5.13. The Morgan fingerprint density at radius 1 is 1.25 bits per heavy atom. The smallest absolute Gasteiger partial charge is 0.245 e. The third kappa shape index (κ3) is 2.56. The maximum atomic E-state index is 13.0. The molecule has 1 fully saturated rings. The van der Waals surface area contributed by atoms with Crippen LogP contribution in [0.2, 0.25) is 0 Å². The van der Waals surface area contributed by atoms with Gasteiger partial charge in [0.05, 0.1) is 5.69 Å². The molecule has 4 nitrogen and oxygen atoms in total. The van der Waals surface area contributed by atoms with E-state index in [1.807, 2.05) is 32.9 Å². The van der Waals surface area contributed by atoms with Crippen LogP contribution in [-0.2, 0) is 10.0 Å². The highest BCUT2D eigenvalue weighted by molar-refractivity contribution is 7.89. The fraction of sp³-hybridized carbons (Fsp3) is 0.600. The second kappa shape index (κ2) is 5.74. The molecule has 1 aromatic carbocycles. The molecule has 0 amide bonds. The molecule has 1 heterocycles. The van der Waals surface area contributed by atoms with Crippen LogP contribution in [0.3, 0.4) is 0 Å². The third-order valence-corrected chi connectivity index (χ3v) is 6.38. The Hall–Kier alpha value is -1.07. The first-order valence-electron chi connectivity index (χ1n) is 7.27. The summed E-state index contributed by atoms with van der Waals surface area (Å²) in [7, 11) is -3.50. The minimum atomic E-state index is -3.50. The number of aryl methyl sites for hydroxylation is 2. The summed E-state index contributed by atoms with van der Waals surface area (Å²) in [4.78, 5) is 0.304. The molecule has 2 N–H and O–H groups in total. The van der Waals surface area contributed by atoms with Crippen LogP contribution in [0.4, 0.5) is 5.69 Å². The van der Waals surface area contributed by atoms with Gasteiger partial charge in [-0.3, -0.25) is 0 Å². The van der Waals surface area contributed by atoms with Crippen LogP contribution in [0, 0.1) is 13.8 Å². The molecule has 1 aliphatic rings. The van der Waals surface area contributed by atoms with E-state index in [4.69, 9.17) is 5.73 Å². The van der Waals surface area contributed by atoms with Crippen molar-refractivity contribution in [1.29, 1.82) is 0 Å². The Morgan fingerprint density at radius 3 is 2.55 bits per heavy atom.